The summed E-state index contributed by atoms with van der Waals surface area (Å²) in [6.45, 7) is 0.943. The molecule has 1 aliphatic carbocycles. The molecule has 8 nitrogen and oxygen atoms in total. The van der Waals surface area contributed by atoms with Crippen molar-refractivity contribution in [2.45, 2.75) is 63.6 Å². The summed E-state index contributed by atoms with van der Waals surface area (Å²) < 4.78 is 11.2. The molecule has 30 heavy (non-hydrogen) atoms. The van der Waals surface area contributed by atoms with Crippen molar-refractivity contribution >= 4 is 29.2 Å². The highest BCUT2D eigenvalue weighted by molar-refractivity contribution is 6.32. The Morgan fingerprint density at radius 3 is 2.50 bits per heavy atom. The first-order valence-electron chi connectivity index (χ1n) is 10.7. The molecular weight excluding hydrogens is 404 g/mol. The summed E-state index contributed by atoms with van der Waals surface area (Å²) in [6, 6.07) is 6.13. The topological polar surface area (TPSA) is 93.2 Å². The molecule has 1 saturated heterocycles. The molecule has 0 amide bonds. The average Bonchev–Trinajstić information content (AvgIpc) is 3.10. The van der Waals surface area contributed by atoms with Crippen LogP contribution in [0.4, 0.5) is 17.6 Å². The normalized spacial score (nSPS) is 19.9. The molecule has 9 heteroatoms. The van der Waals surface area contributed by atoms with E-state index in [2.05, 4.69) is 30.9 Å². The molecule has 1 aliphatic heterocycles. The molecule has 1 aromatic carbocycles. The molecule has 1 saturated carbocycles. The van der Waals surface area contributed by atoms with Gasteiger partial charge in [-0.05, 0) is 50.4 Å². The number of anilines is 3. The van der Waals surface area contributed by atoms with Crippen molar-refractivity contribution in [3.63, 3.8) is 0 Å². The fourth-order valence-corrected chi connectivity index (χ4v) is 4.15. The van der Waals surface area contributed by atoms with E-state index in [1.807, 2.05) is 6.07 Å². The van der Waals surface area contributed by atoms with Gasteiger partial charge >= 0.3 is 6.01 Å². The lowest BCUT2D eigenvalue weighted by molar-refractivity contribution is 0.171. The summed E-state index contributed by atoms with van der Waals surface area (Å²) >= 11 is 6.25. The Hall–Kier alpha value is -2.32. The van der Waals surface area contributed by atoms with Gasteiger partial charge in [-0.25, -0.2) is 0 Å². The third kappa shape index (κ3) is 5.64. The van der Waals surface area contributed by atoms with Gasteiger partial charge in [-0.3, -0.25) is 5.32 Å². The Morgan fingerprint density at radius 1 is 1.00 bits per heavy atom. The van der Waals surface area contributed by atoms with E-state index in [0.717, 1.165) is 37.9 Å². The van der Waals surface area contributed by atoms with Gasteiger partial charge in [-0.15, -0.1) is 0 Å². The smallest absolute Gasteiger partial charge is 0.324 e. The SMILES string of the molecule is COc1ccc(Nc2nc(NC3CCCCCC3)nc(OC3CCCN3)n2)cc1Cl. The second kappa shape index (κ2) is 10.1. The van der Waals surface area contributed by atoms with Gasteiger partial charge < -0.3 is 20.1 Å². The van der Waals surface area contributed by atoms with E-state index < -0.39 is 0 Å². The Balaban J connectivity index is 1.54. The maximum Gasteiger partial charge on any atom is 0.324 e. The molecular formula is C21H29ClN6O2. The van der Waals surface area contributed by atoms with Gasteiger partial charge in [-0.1, -0.05) is 37.3 Å². The molecule has 0 radical (unpaired) electrons. The number of benzene rings is 1. The number of halogens is 1. The number of nitrogens with zero attached hydrogens (tertiary/aromatic N) is 3. The Labute approximate surface area is 182 Å². The summed E-state index contributed by atoms with van der Waals surface area (Å²) in [5.41, 5.74) is 0.761. The first-order chi connectivity index (χ1) is 14.7. The molecule has 1 atom stereocenters. The van der Waals surface area contributed by atoms with Gasteiger partial charge in [0.2, 0.25) is 11.9 Å². The highest BCUT2D eigenvalue weighted by atomic mass is 35.5. The van der Waals surface area contributed by atoms with Crippen molar-refractivity contribution in [1.29, 1.82) is 0 Å². The fourth-order valence-electron chi connectivity index (χ4n) is 3.89. The predicted molar refractivity (Wildman–Crippen MR) is 118 cm³/mol. The lowest BCUT2D eigenvalue weighted by atomic mass is 10.1. The molecule has 3 N–H and O–H groups in total. The van der Waals surface area contributed by atoms with Crippen LogP contribution >= 0.6 is 11.6 Å². The zero-order valence-corrected chi connectivity index (χ0v) is 18.0. The van der Waals surface area contributed by atoms with Crippen LogP contribution in [0.25, 0.3) is 0 Å². The van der Waals surface area contributed by atoms with E-state index in [1.165, 1.54) is 25.7 Å². The van der Waals surface area contributed by atoms with Crippen LogP contribution in [-0.2, 0) is 0 Å². The zero-order valence-electron chi connectivity index (χ0n) is 17.3. The summed E-state index contributed by atoms with van der Waals surface area (Å²) in [5, 5.41) is 10.5. The van der Waals surface area contributed by atoms with Crippen molar-refractivity contribution in [3.05, 3.63) is 23.2 Å². The maximum atomic E-state index is 6.25. The van der Waals surface area contributed by atoms with E-state index in [9.17, 15) is 0 Å². The lowest BCUT2D eigenvalue weighted by Crippen LogP contribution is -2.29. The van der Waals surface area contributed by atoms with Gasteiger partial charge in [0.1, 0.15) is 5.75 Å². The highest BCUT2D eigenvalue weighted by Crippen LogP contribution is 2.29. The van der Waals surface area contributed by atoms with Crippen LogP contribution in [0.1, 0.15) is 51.4 Å². The molecule has 2 heterocycles. The Kier molecular flexibility index (Phi) is 7.07. The average molecular weight is 433 g/mol. The number of ether oxygens (including phenoxy) is 2. The molecule has 162 valence electrons. The number of aromatic nitrogens is 3. The summed E-state index contributed by atoms with van der Waals surface area (Å²) in [7, 11) is 1.59. The monoisotopic (exact) mass is 432 g/mol. The maximum absolute atomic E-state index is 6.25. The van der Waals surface area contributed by atoms with Gasteiger partial charge in [0.15, 0.2) is 6.23 Å². The van der Waals surface area contributed by atoms with E-state index in [-0.39, 0.29) is 6.23 Å². The van der Waals surface area contributed by atoms with Crippen LogP contribution in [0.2, 0.25) is 5.02 Å². The Bertz CT molecular complexity index is 838. The molecule has 1 aromatic heterocycles. The quantitative estimate of drug-likeness (QED) is 0.550. The summed E-state index contributed by atoms with van der Waals surface area (Å²) in [5.74, 6) is 1.56. The van der Waals surface area contributed by atoms with Gasteiger partial charge in [0.05, 0.1) is 12.1 Å². The van der Waals surface area contributed by atoms with Crippen molar-refractivity contribution in [3.8, 4) is 11.8 Å². The number of nitrogens with one attached hydrogen (secondary N) is 3. The van der Waals surface area contributed by atoms with Crippen LogP contribution in [0.15, 0.2) is 18.2 Å². The molecule has 0 spiro atoms. The molecule has 1 unspecified atom stereocenters. The second-order valence-electron chi connectivity index (χ2n) is 7.78. The number of methoxy groups -OCH3 is 1. The van der Waals surface area contributed by atoms with Crippen LogP contribution in [0.3, 0.4) is 0 Å². The minimum Gasteiger partial charge on any atom is -0.495 e. The third-order valence-electron chi connectivity index (χ3n) is 5.47. The first kappa shape index (κ1) is 20.9. The fraction of sp³-hybridized carbons (Fsp3) is 0.571. The van der Waals surface area contributed by atoms with Gasteiger partial charge in [-0.2, -0.15) is 15.0 Å². The predicted octanol–water partition coefficient (Wildman–Crippen LogP) is 4.50. The molecule has 0 bridgehead atoms. The number of hydrogen-bond acceptors (Lipinski definition) is 8. The van der Waals surface area contributed by atoms with Crippen molar-refractivity contribution in [2.24, 2.45) is 0 Å². The standard InChI is InChI=1S/C21H29ClN6O2/c1-29-17-11-10-15(13-16(17)22)25-20-26-19(24-14-7-4-2-3-5-8-14)27-21(28-20)30-18-9-6-12-23-18/h10-11,13-14,18,23H,2-9,12H2,1H3,(H2,24,25,26,27,28). The van der Waals surface area contributed by atoms with Crippen LogP contribution in [0, 0.1) is 0 Å². The largest absolute Gasteiger partial charge is 0.495 e. The molecule has 4 rings (SSSR count). The van der Waals surface area contributed by atoms with Crippen molar-refractivity contribution in [2.75, 3.05) is 24.3 Å². The molecule has 2 aliphatic rings. The van der Waals surface area contributed by atoms with E-state index in [0.29, 0.717) is 34.7 Å². The third-order valence-corrected chi connectivity index (χ3v) is 5.77. The number of rotatable bonds is 7. The van der Waals surface area contributed by atoms with Crippen molar-refractivity contribution < 1.29 is 9.47 Å². The van der Waals surface area contributed by atoms with Gasteiger partial charge in [0.25, 0.3) is 0 Å². The minimum absolute atomic E-state index is 0.0681. The van der Waals surface area contributed by atoms with Gasteiger partial charge in [0, 0.05) is 11.7 Å². The summed E-state index contributed by atoms with van der Waals surface area (Å²) in [6.07, 6.45) is 9.25. The first-order valence-corrected chi connectivity index (χ1v) is 11.1. The minimum atomic E-state index is -0.0681. The van der Waals surface area contributed by atoms with E-state index >= 15 is 0 Å². The molecule has 2 aromatic rings. The number of hydrogen-bond donors (Lipinski definition) is 3. The zero-order chi connectivity index (χ0) is 20.8. The van der Waals surface area contributed by atoms with Crippen LogP contribution in [-0.4, -0.2) is 40.9 Å². The van der Waals surface area contributed by atoms with Crippen molar-refractivity contribution in [1.82, 2.24) is 20.3 Å². The highest BCUT2D eigenvalue weighted by Gasteiger charge is 2.20. The second-order valence-corrected chi connectivity index (χ2v) is 8.18. The van der Waals surface area contributed by atoms with E-state index in [1.54, 1.807) is 19.2 Å². The summed E-state index contributed by atoms with van der Waals surface area (Å²) in [4.78, 5) is 13.6. The Morgan fingerprint density at radius 2 is 1.80 bits per heavy atom. The van der Waals surface area contributed by atoms with Crippen LogP contribution < -0.4 is 25.4 Å². The van der Waals surface area contributed by atoms with Crippen LogP contribution in [0.5, 0.6) is 11.8 Å². The lowest BCUT2D eigenvalue weighted by Gasteiger charge is -2.18. The van der Waals surface area contributed by atoms with E-state index in [4.69, 9.17) is 21.1 Å². The molecule has 2 fully saturated rings.